The molecule has 1 amide bonds. The summed E-state index contributed by atoms with van der Waals surface area (Å²) in [5.41, 5.74) is 1.73. The summed E-state index contributed by atoms with van der Waals surface area (Å²) in [7, 11) is 0. The van der Waals surface area contributed by atoms with Crippen molar-refractivity contribution in [3.8, 4) is 11.3 Å². The maximum absolute atomic E-state index is 13.9. The molecule has 2 aromatic carbocycles. The number of hydrogen-bond acceptors (Lipinski definition) is 4. The first-order valence-electron chi connectivity index (χ1n) is 8.74. The van der Waals surface area contributed by atoms with Gasteiger partial charge < -0.3 is 9.52 Å². The predicted molar refractivity (Wildman–Crippen MR) is 106 cm³/mol. The molecule has 144 valence electrons. The summed E-state index contributed by atoms with van der Waals surface area (Å²) in [5.74, 6) is -1.06. The first-order chi connectivity index (χ1) is 13.9. The van der Waals surface area contributed by atoms with Gasteiger partial charge in [0.25, 0.3) is 5.91 Å². The van der Waals surface area contributed by atoms with Gasteiger partial charge in [-0.1, -0.05) is 12.1 Å². The molecule has 3 aromatic rings. The summed E-state index contributed by atoms with van der Waals surface area (Å²) in [4.78, 5) is 23.8. The smallest absolute Gasteiger partial charge is 0.335 e. The van der Waals surface area contributed by atoms with E-state index >= 15 is 0 Å². The normalized spacial score (nSPS) is 15.1. The van der Waals surface area contributed by atoms with E-state index in [1.54, 1.807) is 43.3 Å². The van der Waals surface area contributed by atoms with E-state index in [4.69, 9.17) is 9.52 Å². The maximum Gasteiger partial charge on any atom is 0.335 e. The van der Waals surface area contributed by atoms with Gasteiger partial charge in [-0.3, -0.25) is 4.79 Å². The van der Waals surface area contributed by atoms with Gasteiger partial charge in [0.15, 0.2) is 0 Å². The van der Waals surface area contributed by atoms with Crippen LogP contribution in [0.3, 0.4) is 0 Å². The standard InChI is InChI=1S/C22H15FN2O4/c1-13-18(12-16-10-11-20(29-16)17-4-2-3-5-19(17)23)21(26)25(24-13)15-8-6-14(7-9-15)22(27)28/h2-12H,1H3,(H,27,28)/b18-12+. The highest BCUT2D eigenvalue weighted by molar-refractivity contribution is 6.32. The lowest BCUT2D eigenvalue weighted by atomic mass is 10.1. The minimum Gasteiger partial charge on any atom is -0.478 e. The van der Waals surface area contributed by atoms with Crippen LogP contribution in [-0.4, -0.2) is 22.7 Å². The van der Waals surface area contributed by atoms with Crippen molar-refractivity contribution in [3.05, 3.63) is 83.4 Å². The number of aromatic carboxylic acids is 1. The molecule has 0 atom stereocenters. The van der Waals surface area contributed by atoms with E-state index in [0.717, 1.165) is 0 Å². The van der Waals surface area contributed by atoms with E-state index in [1.165, 1.54) is 35.3 Å². The molecule has 0 spiro atoms. The van der Waals surface area contributed by atoms with Gasteiger partial charge in [0.2, 0.25) is 0 Å². The molecule has 0 bridgehead atoms. The number of anilines is 1. The minimum absolute atomic E-state index is 0.119. The Morgan fingerprint density at radius 1 is 1.10 bits per heavy atom. The number of furan rings is 1. The zero-order valence-corrected chi connectivity index (χ0v) is 15.3. The number of carboxylic acids is 1. The number of rotatable bonds is 4. The van der Waals surface area contributed by atoms with E-state index in [1.807, 2.05) is 0 Å². The van der Waals surface area contributed by atoms with Gasteiger partial charge in [-0.05, 0) is 61.5 Å². The van der Waals surface area contributed by atoms with Gasteiger partial charge in [-0.15, -0.1) is 0 Å². The largest absolute Gasteiger partial charge is 0.478 e. The lowest BCUT2D eigenvalue weighted by Crippen LogP contribution is -2.21. The van der Waals surface area contributed by atoms with Gasteiger partial charge in [-0.2, -0.15) is 10.1 Å². The highest BCUT2D eigenvalue weighted by Crippen LogP contribution is 2.28. The number of halogens is 1. The summed E-state index contributed by atoms with van der Waals surface area (Å²) < 4.78 is 19.6. The predicted octanol–water partition coefficient (Wildman–Crippen LogP) is 4.59. The number of carbonyl (C=O) groups is 2. The fourth-order valence-corrected chi connectivity index (χ4v) is 2.98. The lowest BCUT2D eigenvalue weighted by Gasteiger charge is -2.11. The molecule has 6 nitrogen and oxygen atoms in total. The van der Waals surface area contributed by atoms with Crippen molar-refractivity contribution in [2.75, 3.05) is 5.01 Å². The monoisotopic (exact) mass is 390 g/mol. The maximum atomic E-state index is 13.9. The van der Waals surface area contributed by atoms with Crippen LogP contribution in [0.5, 0.6) is 0 Å². The molecule has 0 unspecified atom stereocenters. The number of benzene rings is 2. The number of hydrogen-bond donors (Lipinski definition) is 1. The Hall–Kier alpha value is -4.00. The fourth-order valence-electron chi connectivity index (χ4n) is 2.98. The number of amides is 1. The molecule has 0 aliphatic carbocycles. The van der Waals surface area contributed by atoms with Crippen molar-refractivity contribution >= 4 is 29.4 Å². The lowest BCUT2D eigenvalue weighted by molar-refractivity contribution is -0.114. The van der Waals surface area contributed by atoms with Crippen LogP contribution in [-0.2, 0) is 4.79 Å². The average Bonchev–Trinajstić information content (AvgIpc) is 3.28. The van der Waals surface area contributed by atoms with Crippen molar-refractivity contribution in [2.45, 2.75) is 6.92 Å². The molecule has 1 aliphatic rings. The molecule has 4 rings (SSSR count). The molecule has 0 saturated carbocycles. The number of carbonyl (C=O) groups excluding carboxylic acids is 1. The Morgan fingerprint density at radius 2 is 1.83 bits per heavy atom. The highest BCUT2D eigenvalue weighted by Gasteiger charge is 2.29. The van der Waals surface area contributed by atoms with E-state index in [9.17, 15) is 14.0 Å². The first-order valence-corrected chi connectivity index (χ1v) is 8.74. The second kappa shape index (κ2) is 7.20. The SMILES string of the molecule is CC1=NN(c2ccc(C(=O)O)cc2)C(=O)/C1=C/c1ccc(-c2ccccc2F)o1. The molecular formula is C22H15FN2O4. The van der Waals surface area contributed by atoms with Crippen LogP contribution in [0.4, 0.5) is 10.1 Å². The van der Waals surface area contributed by atoms with Crippen LogP contribution in [0, 0.1) is 5.82 Å². The Kier molecular flexibility index (Phi) is 4.56. The second-order valence-corrected chi connectivity index (χ2v) is 6.39. The topological polar surface area (TPSA) is 83.1 Å². The van der Waals surface area contributed by atoms with Gasteiger partial charge >= 0.3 is 5.97 Å². The average molecular weight is 390 g/mol. The second-order valence-electron chi connectivity index (χ2n) is 6.39. The van der Waals surface area contributed by atoms with Crippen molar-refractivity contribution in [1.82, 2.24) is 0 Å². The Morgan fingerprint density at radius 3 is 2.52 bits per heavy atom. The molecule has 7 heteroatoms. The van der Waals surface area contributed by atoms with Crippen LogP contribution >= 0.6 is 0 Å². The van der Waals surface area contributed by atoms with Gasteiger partial charge in [0.1, 0.15) is 17.3 Å². The highest BCUT2D eigenvalue weighted by atomic mass is 19.1. The Labute approximate surface area is 165 Å². The van der Waals surface area contributed by atoms with Crippen LogP contribution in [0.2, 0.25) is 0 Å². The third kappa shape index (κ3) is 3.45. The van der Waals surface area contributed by atoms with Crippen LogP contribution in [0.1, 0.15) is 23.0 Å². The molecular weight excluding hydrogens is 375 g/mol. The zero-order valence-electron chi connectivity index (χ0n) is 15.3. The third-order valence-electron chi connectivity index (χ3n) is 4.47. The molecule has 0 fully saturated rings. The fraction of sp³-hybridized carbons (Fsp3) is 0.0455. The summed E-state index contributed by atoms with van der Waals surface area (Å²) >= 11 is 0. The summed E-state index contributed by atoms with van der Waals surface area (Å²) in [6.07, 6.45) is 1.55. The third-order valence-corrected chi connectivity index (χ3v) is 4.47. The molecule has 1 N–H and O–H groups in total. The number of nitrogens with zero attached hydrogens (tertiary/aromatic N) is 2. The van der Waals surface area contributed by atoms with Crippen molar-refractivity contribution in [3.63, 3.8) is 0 Å². The van der Waals surface area contributed by atoms with Crippen molar-refractivity contribution in [1.29, 1.82) is 0 Å². The molecule has 29 heavy (non-hydrogen) atoms. The van der Waals surface area contributed by atoms with Crippen molar-refractivity contribution in [2.24, 2.45) is 5.10 Å². The molecule has 1 aliphatic heterocycles. The van der Waals surface area contributed by atoms with Gasteiger partial charge in [0.05, 0.1) is 28.1 Å². The molecule has 1 aromatic heterocycles. The number of carboxylic acid groups (broad SMARTS) is 1. The Bertz CT molecular complexity index is 1180. The van der Waals surface area contributed by atoms with E-state index in [0.29, 0.717) is 34.1 Å². The number of hydrazone groups is 1. The van der Waals surface area contributed by atoms with E-state index < -0.39 is 11.8 Å². The van der Waals surface area contributed by atoms with Crippen LogP contribution in [0.15, 0.2) is 75.8 Å². The van der Waals surface area contributed by atoms with Crippen molar-refractivity contribution < 1.29 is 23.5 Å². The molecule has 2 heterocycles. The van der Waals surface area contributed by atoms with E-state index in [-0.39, 0.29) is 11.5 Å². The first kappa shape index (κ1) is 18.4. The summed E-state index contributed by atoms with van der Waals surface area (Å²) in [6, 6.07) is 15.4. The van der Waals surface area contributed by atoms with Crippen LogP contribution in [0.25, 0.3) is 17.4 Å². The van der Waals surface area contributed by atoms with E-state index in [2.05, 4.69) is 5.10 Å². The van der Waals surface area contributed by atoms with Gasteiger partial charge in [0, 0.05) is 0 Å². The summed E-state index contributed by atoms with van der Waals surface area (Å²) in [6.45, 7) is 1.69. The molecule has 0 radical (unpaired) electrons. The Balaban J connectivity index is 1.61. The quantitative estimate of drug-likeness (QED) is 0.661. The van der Waals surface area contributed by atoms with Crippen LogP contribution < -0.4 is 5.01 Å². The minimum atomic E-state index is -1.05. The van der Waals surface area contributed by atoms with Gasteiger partial charge in [-0.25, -0.2) is 9.18 Å². The molecule has 0 saturated heterocycles. The summed E-state index contributed by atoms with van der Waals surface area (Å²) in [5, 5.41) is 14.4. The zero-order chi connectivity index (χ0) is 20.5.